The van der Waals surface area contributed by atoms with Crippen LogP contribution in [0.1, 0.15) is 5.56 Å². The minimum Gasteiger partial charge on any atom is -0.314 e. The molecule has 0 saturated carbocycles. The molecular formula is C13H14N6O2. The topological polar surface area (TPSA) is 117 Å². The second kappa shape index (κ2) is 9.73. The summed E-state index contributed by atoms with van der Waals surface area (Å²) >= 11 is 0. The third-order valence-electron chi connectivity index (χ3n) is 1.96. The Morgan fingerprint density at radius 2 is 1.33 bits per heavy atom. The number of H-pyrrole nitrogens is 2. The molecule has 0 radical (unpaired) electrons. The SMILES string of the molecule is Cc1c[nH]c(=O)[nH]c1=O.c1cncnc1.c1cncnc1. The molecule has 3 aromatic heterocycles. The number of nitrogens with zero attached hydrogens (tertiary/aromatic N) is 4. The van der Waals surface area contributed by atoms with Gasteiger partial charge in [-0.2, -0.15) is 0 Å². The Morgan fingerprint density at radius 3 is 1.57 bits per heavy atom. The van der Waals surface area contributed by atoms with Crippen molar-refractivity contribution in [1.29, 1.82) is 0 Å². The summed E-state index contributed by atoms with van der Waals surface area (Å²) < 4.78 is 0. The number of nitrogens with one attached hydrogen (secondary N) is 2. The van der Waals surface area contributed by atoms with E-state index in [1.165, 1.54) is 18.9 Å². The molecule has 0 spiro atoms. The molecule has 0 saturated heterocycles. The molecule has 0 aliphatic heterocycles. The Morgan fingerprint density at radius 1 is 0.857 bits per heavy atom. The van der Waals surface area contributed by atoms with Crippen molar-refractivity contribution in [2.75, 3.05) is 0 Å². The first kappa shape index (κ1) is 15.9. The predicted molar refractivity (Wildman–Crippen MR) is 76.5 cm³/mol. The summed E-state index contributed by atoms with van der Waals surface area (Å²) in [6, 6.07) is 3.56. The Kier molecular flexibility index (Phi) is 7.36. The van der Waals surface area contributed by atoms with Crippen LogP contribution in [0.4, 0.5) is 0 Å². The Labute approximate surface area is 120 Å². The third kappa shape index (κ3) is 7.78. The average Bonchev–Trinajstić information content (AvgIpc) is 2.56. The van der Waals surface area contributed by atoms with Crippen LogP contribution < -0.4 is 11.2 Å². The van der Waals surface area contributed by atoms with Crippen LogP contribution in [-0.4, -0.2) is 29.9 Å². The van der Waals surface area contributed by atoms with Crippen molar-refractivity contribution in [3.05, 3.63) is 82.2 Å². The van der Waals surface area contributed by atoms with Gasteiger partial charge >= 0.3 is 5.69 Å². The molecule has 108 valence electrons. The van der Waals surface area contributed by atoms with Crippen molar-refractivity contribution < 1.29 is 0 Å². The number of hydrogen-bond acceptors (Lipinski definition) is 6. The van der Waals surface area contributed by atoms with E-state index < -0.39 is 5.69 Å². The van der Waals surface area contributed by atoms with Crippen LogP contribution >= 0.6 is 0 Å². The predicted octanol–water partition coefficient (Wildman–Crippen LogP) is 0.325. The number of aryl methyl sites for hydroxylation is 1. The van der Waals surface area contributed by atoms with Gasteiger partial charge in [0.1, 0.15) is 12.7 Å². The Hall–Kier alpha value is -3.16. The molecule has 2 N–H and O–H groups in total. The number of aromatic amines is 2. The van der Waals surface area contributed by atoms with Crippen molar-refractivity contribution in [2.24, 2.45) is 0 Å². The molecule has 0 fully saturated rings. The zero-order valence-electron chi connectivity index (χ0n) is 11.3. The van der Waals surface area contributed by atoms with Crippen molar-refractivity contribution in [3.8, 4) is 0 Å². The quantitative estimate of drug-likeness (QED) is 0.614. The Balaban J connectivity index is 0.000000163. The van der Waals surface area contributed by atoms with Gasteiger partial charge in [0.25, 0.3) is 5.56 Å². The maximum atomic E-state index is 10.6. The fraction of sp³-hybridized carbons (Fsp3) is 0.0769. The molecule has 0 aliphatic rings. The highest BCUT2D eigenvalue weighted by Gasteiger charge is 1.88. The van der Waals surface area contributed by atoms with E-state index in [1.54, 1.807) is 43.8 Å². The molecule has 3 heterocycles. The molecule has 0 aliphatic carbocycles. The van der Waals surface area contributed by atoms with Gasteiger partial charge in [0.15, 0.2) is 0 Å². The van der Waals surface area contributed by atoms with Crippen LogP contribution in [0.2, 0.25) is 0 Å². The highest BCUT2D eigenvalue weighted by atomic mass is 16.2. The van der Waals surface area contributed by atoms with Crippen LogP contribution in [0.3, 0.4) is 0 Å². The number of rotatable bonds is 0. The minimum atomic E-state index is -0.467. The molecule has 21 heavy (non-hydrogen) atoms. The first-order chi connectivity index (χ1) is 10.2. The van der Waals surface area contributed by atoms with Crippen LogP contribution in [-0.2, 0) is 0 Å². The maximum absolute atomic E-state index is 10.6. The summed E-state index contributed by atoms with van der Waals surface area (Å²) in [5, 5.41) is 0. The van der Waals surface area contributed by atoms with Crippen molar-refractivity contribution in [1.82, 2.24) is 29.9 Å². The molecule has 8 heteroatoms. The lowest BCUT2D eigenvalue weighted by Crippen LogP contribution is -2.22. The minimum absolute atomic E-state index is 0.334. The maximum Gasteiger partial charge on any atom is 0.325 e. The number of aromatic nitrogens is 6. The van der Waals surface area contributed by atoms with E-state index in [1.807, 2.05) is 0 Å². The van der Waals surface area contributed by atoms with E-state index in [0.717, 1.165) is 0 Å². The van der Waals surface area contributed by atoms with E-state index in [4.69, 9.17) is 0 Å². The van der Waals surface area contributed by atoms with Gasteiger partial charge in [-0.05, 0) is 19.1 Å². The zero-order chi connectivity index (χ0) is 15.3. The third-order valence-corrected chi connectivity index (χ3v) is 1.96. The highest BCUT2D eigenvalue weighted by Crippen LogP contribution is 1.73. The van der Waals surface area contributed by atoms with Gasteiger partial charge in [0, 0.05) is 36.5 Å². The second-order valence-electron chi connectivity index (χ2n) is 3.56. The molecule has 8 nitrogen and oxygen atoms in total. The molecule has 0 bridgehead atoms. The summed E-state index contributed by atoms with van der Waals surface area (Å²) in [5.41, 5.74) is -0.293. The van der Waals surface area contributed by atoms with Gasteiger partial charge in [-0.15, -0.1) is 0 Å². The summed E-state index contributed by atoms with van der Waals surface area (Å²) in [6.45, 7) is 1.62. The molecule has 3 aromatic rings. The summed E-state index contributed by atoms with van der Waals surface area (Å²) in [4.78, 5) is 40.0. The normalized spacial score (nSPS) is 8.62. The Bertz CT molecular complexity index is 627. The average molecular weight is 286 g/mol. The van der Waals surface area contributed by atoms with Crippen LogP contribution in [0.5, 0.6) is 0 Å². The standard InChI is InChI=1S/C5H6N2O2.2C4H4N2/c1-3-2-6-5(9)7-4(3)8;2*1-2-5-4-6-3-1/h2H,1H3,(H2,6,7,8,9);2*1-4H. The summed E-state index contributed by atoms with van der Waals surface area (Å²) in [6.07, 6.45) is 11.1. The van der Waals surface area contributed by atoms with Gasteiger partial charge in [0.2, 0.25) is 0 Å². The zero-order valence-corrected chi connectivity index (χ0v) is 11.3. The molecule has 0 amide bonds. The van der Waals surface area contributed by atoms with Crippen molar-refractivity contribution in [2.45, 2.75) is 6.92 Å². The largest absolute Gasteiger partial charge is 0.325 e. The number of hydrogen-bond donors (Lipinski definition) is 2. The molecular weight excluding hydrogens is 272 g/mol. The lowest BCUT2D eigenvalue weighted by Gasteiger charge is -1.84. The van der Waals surface area contributed by atoms with Crippen LogP contribution in [0.25, 0.3) is 0 Å². The van der Waals surface area contributed by atoms with E-state index >= 15 is 0 Å². The van der Waals surface area contributed by atoms with Gasteiger partial charge in [-0.25, -0.2) is 24.7 Å². The summed E-state index contributed by atoms with van der Waals surface area (Å²) in [5.74, 6) is 0. The van der Waals surface area contributed by atoms with E-state index in [0.29, 0.717) is 5.56 Å². The van der Waals surface area contributed by atoms with Gasteiger partial charge in [-0.3, -0.25) is 9.78 Å². The van der Waals surface area contributed by atoms with Crippen LogP contribution in [0.15, 0.2) is 65.4 Å². The van der Waals surface area contributed by atoms with Crippen molar-refractivity contribution in [3.63, 3.8) is 0 Å². The smallest absolute Gasteiger partial charge is 0.314 e. The molecule has 3 rings (SSSR count). The fourth-order valence-corrected chi connectivity index (χ4v) is 0.984. The molecule has 0 atom stereocenters. The first-order valence-electron chi connectivity index (χ1n) is 5.88. The molecule has 0 aromatic carbocycles. The van der Waals surface area contributed by atoms with Gasteiger partial charge in [0.05, 0.1) is 0 Å². The summed E-state index contributed by atoms with van der Waals surface area (Å²) in [7, 11) is 0. The van der Waals surface area contributed by atoms with E-state index in [2.05, 4.69) is 29.9 Å². The van der Waals surface area contributed by atoms with Crippen LogP contribution in [0, 0.1) is 6.92 Å². The van der Waals surface area contributed by atoms with E-state index in [-0.39, 0.29) is 5.56 Å². The highest BCUT2D eigenvalue weighted by molar-refractivity contribution is 4.98. The molecule has 0 unspecified atom stereocenters. The second-order valence-corrected chi connectivity index (χ2v) is 3.56. The van der Waals surface area contributed by atoms with E-state index in [9.17, 15) is 9.59 Å². The lowest BCUT2D eigenvalue weighted by molar-refractivity contribution is 1.01. The van der Waals surface area contributed by atoms with Crippen molar-refractivity contribution >= 4 is 0 Å². The van der Waals surface area contributed by atoms with Gasteiger partial charge in [-0.1, -0.05) is 0 Å². The monoisotopic (exact) mass is 286 g/mol. The fourth-order valence-electron chi connectivity index (χ4n) is 0.984. The lowest BCUT2D eigenvalue weighted by atomic mass is 10.4. The van der Waals surface area contributed by atoms with Gasteiger partial charge < -0.3 is 4.98 Å². The first-order valence-corrected chi connectivity index (χ1v) is 5.88.